The Morgan fingerprint density at radius 1 is 0.762 bits per heavy atom. The second kappa shape index (κ2) is 6.27. The van der Waals surface area contributed by atoms with Gasteiger partial charge in [0.2, 0.25) is 0 Å². The Hall–Kier alpha value is -2.55. The molecule has 3 heteroatoms. The van der Waals surface area contributed by atoms with Crippen molar-refractivity contribution in [2.24, 2.45) is 0 Å². The number of hydrogen-bond acceptors (Lipinski definition) is 3. The van der Waals surface area contributed by atoms with E-state index in [9.17, 15) is 4.79 Å². The summed E-state index contributed by atoms with van der Waals surface area (Å²) < 4.78 is 0. The normalized spacial score (nSPS) is 14.7. The molecule has 3 rings (SSSR count). The molecule has 0 aliphatic carbocycles. The molecule has 0 bridgehead atoms. The summed E-state index contributed by atoms with van der Waals surface area (Å²) in [6, 6.07) is 20.4. The minimum Gasteiger partial charge on any atom is -0.346 e. The van der Waals surface area contributed by atoms with Crippen LogP contribution in [-0.2, 0) is 17.9 Å². The van der Waals surface area contributed by atoms with Crippen LogP contribution in [0.5, 0.6) is 0 Å². The molecule has 0 atom stereocenters. The Morgan fingerprint density at radius 3 is 1.57 bits per heavy atom. The fraction of sp³-hybridized carbons (Fsp3) is 0.167. The lowest BCUT2D eigenvalue weighted by Crippen LogP contribution is -2.39. The Balaban J connectivity index is 1.69. The van der Waals surface area contributed by atoms with Gasteiger partial charge in [0.1, 0.15) is 0 Å². The molecule has 21 heavy (non-hydrogen) atoms. The maximum atomic E-state index is 11.5. The van der Waals surface area contributed by atoms with Gasteiger partial charge in [-0.25, -0.2) is 0 Å². The highest BCUT2D eigenvalue weighted by molar-refractivity contribution is 5.58. The first kappa shape index (κ1) is 13.4. The second-order valence-electron chi connectivity index (χ2n) is 5.16. The molecule has 0 saturated carbocycles. The average Bonchev–Trinajstić information content (AvgIpc) is 2.91. The third kappa shape index (κ3) is 3.14. The zero-order valence-electron chi connectivity index (χ0n) is 11.8. The van der Waals surface area contributed by atoms with E-state index in [-0.39, 0.29) is 6.17 Å². The van der Waals surface area contributed by atoms with Crippen molar-refractivity contribution in [3.63, 3.8) is 0 Å². The van der Waals surface area contributed by atoms with Crippen LogP contribution in [0.3, 0.4) is 0 Å². The molecule has 0 fully saturated rings. The summed E-state index contributed by atoms with van der Waals surface area (Å²) in [6.07, 6.45) is 4.76. The van der Waals surface area contributed by atoms with Gasteiger partial charge in [-0.15, -0.1) is 0 Å². The number of carbonyl (C=O) groups excluding carboxylic acids is 1. The van der Waals surface area contributed by atoms with Crippen molar-refractivity contribution in [2.75, 3.05) is 0 Å². The average molecular weight is 278 g/mol. The van der Waals surface area contributed by atoms with Gasteiger partial charge in [0.25, 0.3) is 0 Å². The molecule has 0 N–H and O–H groups in total. The van der Waals surface area contributed by atoms with Crippen LogP contribution in [0.2, 0.25) is 0 Å². The highest BCUT2D eigenvalue weighted by Gasteiger charge is 2.25. The predicted octanol–water partition coefficient (Wildman–Crippen LogP) is 3.00. The number of carbonyl (C=O) groups is 1. The van der Waals surface area contributed by atoms with Gasteiger partial charge in [-0.1, -0.05) is 60.7 Å². The molecule has 3 nitrogen and oxygen atoms in total. The molecule has 0 spiro atoms. The minimum atomic E-state index is -0.231. The molecular weight excluding hydrogens is 260 g/mol. The molecule has 1 heterocycles. The summed E-state index contributed by atoms with van der Waals surface area (Å²) in [5.74, 6) is 0. The van der Waals surface area contributed by atoms with Crippen LogP contribution in [0.4, 0.5) is 0 Å². The fourth-order valence-corrected chi connectivity index (χ4v) is 2.58. The zero-order chi connectivity index (χ0) is 14.5. The van der Waals surface area contributed by atoms with Gasteiger partial charge in [-0.3, -0.25) is 4.79 Å². The van der Waals surface area contributed by atoms with Crippen molar-refractivity contribution < 1.29 is 4.79 Å². The maximum Gasteiger partial charge on any atom is 0.162 e. The third-order valence-electron chi connectivity index (χ3n) is 3.67. The molecule has 0 saturated heterocycles. The quantitative estimate of drug-likeness (QED) is 0.786. The number of nitrogens with zero attached hydrogens (tertiary/aromatic N) is 2. The van der Waals surface area contributed by atoms with E-state index in [1.54, 1.807) is 0 Å². The summed E-state index contributed by atoms with van der Waals surface area (Å²) in [7, 11) is 0. The lowest BCUT2D eigenvalue weighted by molar-refractivity contribution is -0.115. The first-order valence-electron chi connectivity index (χ1n) is 7.10. The summed E-state index contributed by atoms with van der Waals surface area (Å²) >= 11 is 0. The van der Waals surface area contributed by atoms with Crippen LogP contribution in [0.25, 0.3) is 0 Å². The highest BCUT2D eigenvalue weighted by atomic mass is 16.1. The van der Waals surface area contributed by atoms with Crippen molar-refractivity contribution in [1.82, 2.24) is 9.80 Å². The molecule has 1 aliphatic rings. The summed E-state index contributed by atoms with van der Waals surface area (Å²) in [5.41, 5.74) is 2.41. The van der Waals surface area contributed by atoms with Crippen molar-refractivity contribution in [3.05, 3.63) is 84.2 Å². The van der Waals surface area contributed by atoms with Gasteiger partial charge >= 0.3 is 0 Å². The third-order valence-corrected chi connectivity index (χ3v) is 3.67. The van der Waals surface area contributed by atoms with E-state index in [0.29, 0.717) is 0 Å². The molecule has 0 aromatic heterocycles. The lowest BCUT2D eigenvalue weighted by Gasteiger charge is -2.28. The van der Waals surface area contributed by atoms with Crippen LogP contribution in [0.15, 0.2) is 73.1 Å². The van der Waals surface area contributed by atoms with Crippen molar-refractivity contribution in [3.8, 4) is 0 Å². The molecule has 106 valence electrons. The Kier molecular flexibility index (Phi) is 4.01. The molecule has 0 amide bonds. The smallest absolute Gasteiger partial charge is 0.162 e. The van der Waals surface area contributed by atoms with E-state index in [1.165, 1.54) is 11.1 Å². The molecule has 1 aliphatic heterocycles. The Morgan fingerprint density at radius 2 is 1.19 bits per heavy atom. The minimum absolute atomic E-state index is 0.231. The van der Waals surface area contributed by atoms with Gasteiger partial charge in [0.15, 0.2) is 12.5 Å². The Labute approximate surface area is 125 Å². The van der Waals surface area contributed by atoms with Crippen molar-refractivity contribution in [1.29, 1.82) is 0 Å². The van der Waals surface area contributed by atoms with Crippen molar-refractivity contribution >= 4 is 6.29 Å². The number of aldehydes is 1. The van der Waals surface area contributed by atoms with Gasteiger partial charge in [-0.2, -0.15) is 0 Å². The van der Waals surface area contributed by atoms with E-state index in [4.69, 9.17) is 0 Å². The molecule has 0 radical (unpaired) electrons. The van der Waals surface area contributed by atoms with Gasteiger partial charge in [-0.05, 0) is 11.1 Å². The van der Waals surface area contributed by atoms with Gasteiger partial charge in [0, 0.05) is 25.5 Å². The van der Waals surface area contributed by atoms with Crippen LogP contribution in [0.1, 0.15) is 11.1 Å². The number of rotatable bonds is 5. The monoisotopic (exact) mass is 278 g/mol. The maximum absolute atomic E-state index is 11.5. The predicted molar refractivity (Wildman–Crippen MR) is 83.0 cm³/mol. The number of hydrogen-bond donors (Lipinski definition) is 0. The van der Waals surface area contributed by atoms with E-state index < -0.39 is 0 Å². The van der Waals surface area contributed by atoms with Gasteiger partial charge in [0.05, 0.1) is 0 Å². The lowest BCUT2D eigenvalue weighted by atomic mass is 10.2. The summed E-state index contributed by atoms with van der Waals surface area (Å²) in [5, 5.41) is 0. The standard InChI is InChI=1S/C18H18N2O/c21-15-18-19(13-16-7-3-1-4-8-16)11-12-20(18)14-17-9-5-2-6-10-17/h1-12,15,18H,13-14H2. The Bertz CT molecular complexity index is 558. The first-order valence-corrected chi connectivity index (χ1v) is 7.10. The molecule has 2 aromatic rings. The number of benzene rings is 2. The van der Waals surface area contributed by atoms with E-state index in [2.05, 4.69) is 34.1 Å². The summed E-state index contributed by atoms with van der Waals surface area (Å²) in [4.78, 5) is 15.6. The van der Waals surface area contributed by atoms with Crippen molar-refractivity contribution in [2.45, 2.75) is 19.3 Å². The molecule has 2 aromatic carbocycles. The van der Waals surface area contributed by atoms with E-state index in [1.807, 2.05) is 48.8 Å². The van der Waals surface area contributed by atoms with Gasteiger partial charge < -0.3 is 9.80 Å². The molecule has 0 unspecified atom stereocenters. The largest absolute Gasteiger partial charge is 0.346 e. The van der Waals surface area contributed by atoms with E-state index >= 15 is 0 Å². The van der Waals surface area contributed by atoms with Crippen LogP contribution < -0.4 is 0 Å². The summed E-state index contributed by atoms with van der Waals surface area (Å²) in [6.45, 7) is 1.48. The molecular formula is C18H18N2O. The van der Waals surface area contributed by atoms with Crippen LogP contribution in [-0.4, -0.2) is 22.3 Å². The topological polar surface area (TPSA) is 23.6 Å². The van der Waals surface area contributed by atoms with Crippen LogP contribution in [0, 0.1) is 0 Å². The SMILES string of the molecule is O=CC1N(Cc2ccccc2)C=CN1Cc1ccccc1. The van der Waals surface area contributed by atoms with Crippen LogP contribution >= 0.6 is 0 Å². The zero-order valence-corrected chi connectivity index (χ0v) is 11.8. The first-order chi connectivity index (χ1) is 10.4. The van der Waals surface area contributed by atoms with E-state index in [0.717, 1.165) is 19.4 Å². The fourth-order valence-electron chi connectivity index (χ4n) is 2.58. The highest BCUT2D eigenvalue weighted by Crippen LogP contribution is 2.20. The second-order valence-corrected chi connectivity index (χ2v) is 5.16.